The molecule has 1 aromatic rings. The third kappa shape index (κ3) is 6.45. The molecule has 106 valence electrons. The van der Waals surface area contributed by atoms with Crippen molar-refractivity contribution in [3.63, 3.8) is 0 Å². The summed E-state index contributed by atoms with van der Waals surface area (Å²) in [5.74, 6) is -0.233. The van der Waals surface area contributed by atoms with Crippen LogP contribution >= 0.6 is 11.6 Å². The zero-order chi connectivity index (χ0) is 14.5. The molecule has 0 aliphatic rings. The van der Waals surface area contributed by atoms with E-state index in [0.717, 1.165) is 6.42 Å². The number of hydrogen-bond donors (Lipinski definition) is 2. The maximum absolute atomic E-state index is 11.7. The number of nitrogens with two attached hydrogens (primary N) is 1. The number of nitrogens with one attached hydrogen (secondary N) is 1. The molecule has 19 heavy (non-hydrogen) atoms. The lowest BCUT2D eigenvalue weighted by Crippen LogP contribution is -2.20. The Hall–Kier alpha value is -1.26. The van der Waals surface area contributed by atoms with Gasteiger partial charge in [-0.05, 0) is 30.0 Å². The molecular weight excluding hydrogens is 264 g/mol. The van der Waals surface area contributed by atoms with Crippen LogP contribution in [0, 0.1) is 5.41 Å². The first-order valence-corrected chi connectivity index (χ1v) is 6.58. The summed E-state index contributed by atoms with van der Waals surface area (Å²) >= 11 is 5.84. The number of amides is 1. The van der Waals surface area contributed by atoms with E-state index in [4.69, 9.17) is 22.1 Å². The minimum Gasteiger partial charge on any atom is -0.397 e. The van der Waals surface area contributed by atoms with Crippen LogP contribution in [0.2, 0.25) is 5.02 Å². The highest BCUT2D eigenvalue weighted by molar-refractivity contribution is 6.31. The summed E-state index contributed by atoms with van der Waals surface area (Å²) in [4.78, 5) is 11.7. The van der Waals surface area contributed by atoms with Crippen LogP contribution in [0.25, 0.3) is 0 Å². The van der Waals surface area contributed by atoms with E-state index in [1.165, 1.54) is 0 Å². The van der Waals surface area contributed by atoms with Gasteiger partial charge >= 0.3 is 0 Å². The Labute approximate surface area is 119 Å². The summed E-state index contributed by atoms with van der Waals surface area (Å²) < 4.78 is 5.33. The highest BCUT2D eigenvalue weighted by atomic mass is 35.5. The normalized spacial score (nSPS) is 11.4. The van der Waals surface area contributed by atoms with E-state index in [0.29, 0.717) is 23.0 Å². The van der Waals surface area contributed by atoms with Gasteiger partial charge in [0.05, 0.1) is 11.4 Å². The first-order chi connectivity index (χ1) is 8.78. The summed E-state index contributed by atoms with van der Waals surface area (Å²) in [5.41, 5.74) is 6.93. The molecule has 1 aromatic carbocycles. The van der Waals surface area contributed by atoms with Gasteiger partial charge in [-0.3, -0.25) is 4.79 Å². The van der Waals surface area contributed by atoms with Gasteiger partial charge in [-0.25, -0.2) is 0 Å². The van der Waals surface area contributed by atoms with E-state index in [9.17, 15) is 4.79 Å². The molecule has 0 saturated carbocycles. The molecule has 0 heterocycles. The van der Waals surface area contributed by atoms with Gasteiger partial charge in [0, 0.05) is 11.6 Å². The average molecular weight is 285 g/mol. The molecule has 0 spiro atoms. The Balaban J connectivity index is 2.37. The number of ether oxygens (including phenoxy) is 1. The van der Waals surface area contributed by atoms with Crippen molar-refractivity contribution < 1.29 is 9.53 Å². The largest absolute Gasteiger partial charge is 0.397 e. The number of hydrogen-bond acceptors (Lipinski definition) is 3. The number of carbonyl (C=O) groups excluding carboxylic acids is 1. The molecule has 0 aromatic heterocycles. The van der Waals surface area contributed by atoms with Crippen molar-refractivity contribution >= 4 is 28.9 Å². The number of anilines is 2. The van der Waals surface area contributed by atoms with Crippen molar-refractivity contribution in [2.75, 3.05) is 24.3 Å². The molecule has 0 aliphatic carbocycles. The van der Waals surface area contributed by atoms with Crippen molar-refractivity contribution in [3.05, 3.63) is 23.2 Å². The topological polar surface area (TPSA) is 64.3 Å². The van der Waals surface area contributed by atoms with Gasteiger partial charge in [-0.2, -0.15) is 0 Å². The second-order valence-corrected chi connectivity index (χ2v) is 6.08. The molecule has 0 unspecified atom stereocenters. The van der Waals surface area contributed by atoms with Crippen molar-refractivity contribution in [3.8, 4) is 0 Å². The molecule has 0 fully saturated rings. The van der Waals surface area contributed by atoms with E-state index in [1.807, 2.05) is 0 Å². The highest BCUT2D eigenvalue weighted by Crippen LogP contribution is 2.22. The molecule has 0 atom stereocenters. The van der Waals surface area contributed by atoms with Gasteiger partial charge in [0.1, 0.15) is 6.61 Å². The van der Waals surface area contributed by atoms with Gasteiger partial charge < -0.3 is 15.8 Å². The summed E-state index contributed by atoms with van der Waals surface area (Å²) in [6.45, 7) is 6.96. The molecule has 4 nitrogen and oxygen atoms in total. The minimum atomic E-state index is -0.233. The average Bonchev–Trinajstić information content (AvgIpc) is 2.28. The quantitative estimate of drug-likeness (QED) is 0.644. The third-order valence-electron chi connectivity index (χ3n) is 2.52. The van der Waals surface area contributed by atoms with Crippen LogP contribution in [-0.4, -0.2) is 19.1 Å². The van der Waals surface area contributed by atoms with Crippen molar-refractivity contribution in [1.29, 1.82) is 0 Å². The lowest BCUT2D eigenvalue weighted by molar-refractivity contribution is -0.120. The van der Waals surface area contributed by atoms with Crippen LogP contribution in [0.4, 0.5) is 11.4 Å². The second-order valence-electron chi connectivity index (χ2n) is 5.64. The number of rotatable bonds is 5. The number of benzene rings is 1. The molecule has 1 rings (SSSR count). The fraction of sp³-hybridized carbons (Fsp3) is 0.500. The van der Waals surface area contributed by atoms with E-state index in [-0.39, 0.29) is 17.9 Å². The molecule has 1 amide bonds. The van der Waals surface area contributed by atoms with E-state index < -0.39 is 0 Å². The second kappa shape index (κ2) is 6.78. The zero-order valence-corrected chi connectivity index (χ0v) is 12.4. The van der Waals surface area contributed by atoms with Gasteiger partial charge in [-0.15, -0.1) is 0 Å². The highest BCUT2D eigenvalue weighted by Gasteiger charge is 2.11. The lowest BCUT2D eigenvalue weighted by Gasteiger charge is -2.17. The predicted octanol–water partition coefficient (Wildman–Crippen LogP) is 3.31. The Morgan fingerprint density at radius 1 is 1.42 bits per heavy atom. The lowest BCUT2D eigenvalue weighted by atomic mass is 9.93. The maximum Gasteiger partial charge on any atom is 0.250 e. The number of halogens is 1. The fourth-order valence-corrected chi connectivity index (χ4v) is 1.54. The standard InChI is InChI=1S/C14H21ClN2O2/c1-14(2,3)6-7-19-9-13(18)17-12-8-10(15)4-5-11(12)16/h4-5,8H,6-7,9,16H2,1-3H3,(H,17,18). The summed E-state index contributed by atoms with van der Waals surface area (Å²) in [7, 11) is 0. The number of carbonyl (C=O) groups is 1. The van der Waals surface area contributed by atoms with Gasteiger partial charge in [0.25, 0.3) is 0 Å². The minimum absolute atomic E-state index is 0.0159. The molecule has 0 saturated heterocycles. The molecule has 0 radical (unpaired) electrons. The smallest absolute Gasteiger partial charge is 0.250 e. The Kier molecular flexibility index (Phi) is 5.63. The van der Waals surface area contributed by atoms with Crippen molar-refractivity contribution in [1.82, 2.24) is 0 Å². The van der Waals surface area contributed by atoms with Gasteiger partial charge in [0.15, 0.2) is 0 Å². The first kappa shape index (κ1) is 15.8. The van der Waals surface area contributed by atoms with Crippen LogP contribution in [-0.2, 0) is 9.53 Å². The predicted molar refractivity (Wildman–Crippen MR) is 79.4 cm³/mol. The van der Waals surface area contributed by atoms with Crippen LogP contribution in [0.15, 0.2) is 18.2 Å². The molecule has 0 bridgehead atoms. The first-order valence-electron chi connectivity index (χ1n) is 6.20. The van der Waals surface area contributed by atoms with E-state index in [1.54, 1.807) is 18.2 Å². The fourth-order valence-electron chi connectivity index (χ4n) is 1.37. The Morgan fingerprint density at radius 3 is 2.74 bits per heavy atom. The SMILES string of the molecule is CC(C)(C)CCOCC(=O)Nc1cc(Cl)ccc1N. The van der Waals surface area contributed by atoms with Crippen LogP contribution in [0.5, 0.6) is 0 Å². The Bertz CT molecular complexity index is 442. The van der Waals surface area contributed by atoms with Gasteiger partial charge in [-0.1, -0.05) is 32.4 Å². The van der Waals surface area contributed by atoms with Crippen LogP contribution in [0.3, 0.4) is 0 Å². The zero-order valence-electron chi connectivity index (χ0n) is 11.6. The number of nitrogen functional groups attached to an aromatic ring is 1. The van der Waals surface area contributed by atoms with Crippen LogP contribution < -0.4 is 11.1 Å². The molecule has 0 aliphatic heterocycles. The molecule has 5 heteroatoms. The Morgan fingerprint density at radius 2 is 2.11 bits per heavy atom. The third-order valence-corrected chi connectivity index (χ3v) is 2.75. The summed E-state index contributed by atoms with van der Waals surface area (Å²) in [6.07, 6.45) is 0.902. The molecular formula is C14H21ClN2O2. The molecule has 3 N–H and O–H groups in total. The van der Waals surface area contributed by atoms with E-state index in [2.05, 4.69) is 26.1 Å². The monoisotopic (exact) mass is 284 g/mol. The summed E-state index contributed by atoms with van der Waals surface area (Å²) in [6, 6.07) is 4.94. The van der Waals surface area contributed by atoms with Gasteiger partial charge in [0.2, 0.25) is 5.91 Å². The van der Waals surface area contributed by atoms with Crippen LogP contribution in [0.1, 0.15) is 27.2 Å². The maximum atomic E-state index is 11.7. The van der Waals surface area contributed by atoms with Crippen molar-refractivity contribution in [2.45, 2.75) is 27.2 Å². The van der Waals surface area contributed by atoms with Crippen molar-refractivity contribution in [2.24, 2.45) is 5.41 Å². The summed E-state index contributed by atoms with van der Waals surface area (Å²) in [5, 5.41) is 3.20. The van der Waals surface area contributed by atoms with E-state index >= 15 is 0 Å².